The molecule has 10 heteroatoms. The molecule has 1 saturated heterocycles. The van der Waals surface area contributed by atoms with Gasteiger partial charge in [-0.15, -0.1) is 11.3 Å². The maximum absolute atomic E-state index is 12.8. The molecule has 1 fully saturated rings. The highest BCUT2D eigenvalue weighted by Gasteiger charge is 2.30. The second-order valence-corrected chi connectivity index (χ2v) is 10.6. The molecule has 1 aromatic carbocycles. The van der Waals surface area contributed by atoms with Crippen LogP contribution in [-0.4, -0.2) is 65.6 Å². The van der Waals surface area contributed by atoms with Gasteiger partial charge in [0, 0.05) is 37.4 Å². The molecule has 1 aliphatic heterocycles. The molecule has 0 aliphatic carbocycles. The van der Waals surface area contributed by atoms with E-state index in [0.29, 0.717) is 42.3 Å². The van der Waals surface area contributed by atoms with Gasteiger partial charge in [0.15, 0.2) is 0 Å². The van der Waals surface area contributed by atoms with Crippen LogP contribution in [0.1, 0.15) is 39.4 Å². The number of hydrogen-bond donors (Lipinski definition) is 2. The van der Waals surface area contributed by atoms with Gasteiger partial charge in [0.05, 0.1) is 8.66 Å². The summed E-state index contributed by atoms with van der Waals surface area (Å²) in [5.41, 5.74) is 0.680. The molecule has 1 aromatic heterocycles. The van der Waals surface area contributed by atoms with Crippen molar-refractivity contribution in [2.45, 2.75) is 26.3 Å². The molecule has 0 radical (unpaired) electrons. The van der Waals surface area contributed by atoms with Crippen molar-refractivity contribution >= 4 is 57.1 Å². The van der Waals surface area contributed by atoms with Gasteiger partial charge in [-0.05, 0) is 72.6 Å². The van der Waals surface area contributed by atoms with Crippen LogP contribution in [-0.2, 0) is 9.59 Å². The van der Waals surface area contributed by atoms with Crippen LogP contribution in [0.4, 0.5) is 5.69 Å². The number of hydrogen-bond acceptors (Lipinski definition) is 5. The Kier molecular flexibility index (Phi) is 7.35. The van der Waals surface area contributed by atoms with Crippen LogP contribution in [0.2, 0.25) is 0 Å². The summed E-state index contributed by atoms with van der Waals surface area (Å²) in [6.07, 6.45) is 0.799. The summed E-state index contributed by atoms with van der Waals surface area (Å²) in [6, 6.07) is 8.57. The molecule has 3 rings (SSSR count). The first-order valence-electron chi connectivity index (χ1n) is 10.1. The number of anilines is 1. The van der Waals surface area contributed by atoms with Crippen molar-refractivity contribution in [3.8, 4) is 0 Å². The van der Waals surface area contributed by atoms with E-state index < -0.39 is 5.54 Å². The van der Waals surface area contributed by atoms with E-state index in [-0.39, 0.29) is 17.7 Å². The lowest BCUT2D eigenvalue weighted by atomic mass is 10.0. The minimum Gasteiger partial charge on any atom is -0.342 e. The summed E-state index contributed by atoms with van der Waals surface area (Å²) in [6.45, 7) is 7.09. The molecule has 2 aromatic rings. The lowest BCUT2D eigenvalue weighted by molar-refractivity contribution is -0.121. The number of amides is 4. The molecular formula is C22H25BrN4O4S. The summed E-state index contributed by atoms with van der Waals surface area (Å²) in [4.78, 5) is 52.8. The van der Waals surface area contributed by atoms with Crippen LogP contribution in [0.5, 0.6) is 0 Å². The zero-order valence-electron chi connectivity index (χ0n) is 18.1. The summed E-state index contributed by atoms with van der Waals surface area (Å²) < 4.78 is 0.834. The van der Waals surface area contributed by atoms with Crippen LogP contribution in [0.25, 0.3) is 0 Å². The fourth-order valence-corrected chi connectivity index (χ4v) is 4.59. The number of halogens is 1. The summed E-state index contributed by atoms with van der Waals surface area (Å²) in [5.74, 6) is -0.793. The molecular weight excluding hydrogens is 496 g/mol. The zero-order valence-corrected chi connectivity index (χ0v) is 20.5. The first-order chi connectivity index (χ1) is 15.1. The minimum atomic E-state index is -1.14. The maximum atomic E-state index is 12.8. The number of carbonyl (C=O) groups excluding carboxylic acids is 4. The highest BCUT2D eigenvalue weighted by atomic mass is 79.9. The second-order valence-electron chi connectivity index (χ2n) is 8.10. The number of rotatable bonds is 6. The minimum absolute atomic E-state index is 0.0966. The second kappa shape index (κ2) is 9.83. The number of piperazine rings is 1. The Balaban J connectivity index is 1.64. The molecule has 1 aliphatic rings. The number of thiophene rings is 1. The maximum Gasteiger partial charge on any atom is 0.262 e. The molecule has 0 spiro atoms. The van der Waals surface area contributed by atoms with Crippen LogP contribution in [0, 0.1) is 6.92 Å². The number of carbonyl (C=O) groups is 4. The summed E-state index contributed by atoms with van der Waals surface area (Å²) >= 11 is 4.61. The fourth-order valence-electron chi connectivity index (χ4n) is 3.31. The predicted molar refractivity (Wildman–Crippen MR) is 127 cm³/mol. The first kappa shape index (κ1) is 23.9. The molecule has 32 heavy (non-hydrogen) atoms. The van der Waals surface area contributed by atoms with Gasteiger partial charge in [0.2, 0.25) is 12.3 Å². The third-order valence-corrected chi connectivity index (χ3v) is 6.88. The number of aryl methyl sites for hydroxylation is 1. The van der Waals surface area contributed by atoms with Crippen LogP contribution >= 0.6 is 27.3 Å². The van der Waals surface area contributed by atoms with Crippen molar-refractivity contribution in [2.24, 2.45) is 0 Å². The topological polar surface area (TPSA) is 98.8 Å². The molecule has 170 valence electrons. The van der Waals surface area contributed by atoms with E-state index in [1.807, 2.05) is 6.92 Å². The Labute approximate surface area is 199 Å². The normalized spacial score (nSPS) is 14.1. The molecule has 0 bridgehead atoms. The lowest BCUT2D eigenvalue weighted by Gasteiger charge is -2.33. The van der Waals surface area contributed by atoms with E-state index in [1.165, 1.54) is 11.3 Å². The van der Waals surface area contributed by atoms with Crippen LogP contribution in [0.15, 0.2) is 34.1 Å². The van der Waals surface area contributed by atoms with E-state index in [2.05, 4.69) is 26.6 Å². The Morgan fingerprint density at radius 2 is 1.78 bits per heavy atom. The Morgan fingerprint density at radius 1 is 1.09 bits per heavy atom. The van der Waals surface area contributed by atoms with Crippen molar-refractivity contribution in [3.05, 3.63) is 50.1 Å². The van der Waals surface area contributed by atoms with Gasteiger partial charge in [0.1, 0.15) is 5.54 Å². The molecule has 2 N–H and O–H groups in total. The monoisotopic (exact) mass is 520 g/mol. The number of nitrogens with zero attached hydrogens (tertiary/aromatic N) is 2. The highest BCUT2D eigenvalue weighted by Crippen LogP contribution is 2.23. The first-order valence-corrected chi connectivity index (χ1v) is 11.7. The molecule has 2 heterocycles. The molecule has 0 unspecified atom stereocenters. The fraction of sp³-hybridized carbons (Fsp3) is 0.364. The van der Waals surface area contributed by atoms with Gasteiger partial charge in [-0.1, -0.05) is 0 Å². The molecule has 8 nitrogen and oxygen atoms in total. The highest BCUT2D eigenvalue weighted by molar-refractivity contribution is 9.11. The smallest absolute Gasteiger partial charge is 0.262 e. The van der Waals surface area contributed by atoms with E-state index in [4.69, 9.17) is 0 Å². The predicted octanol–water partition coefficient (Wildman–Crippen LogP) is 2.88. The van der Waals surface area contributed by atoms with Gasteiger partial charge in [-0.25, -0.2) is 0 Å². The van der Waals surface area contributed by atoms with Crippen LogP contribution < -0.4 is 10.6 Å². The van der Waals surface area contributed by atoms with Gasteiger partial charge in [-0.3, -0.25) is 19.2 Å². The summed E-state index contributed by atoms with van der Waals surface area (Å²) in [5, 5.41) is 5.56. The van der Waals surface area contributed by atoms with Gasteiger partial charge in [-0.2, -0.15) is 0 Å². The zero-order chi connectivity index (χ0) is 23.5. The lowest BCUT2D eigenvalue weighted by Crippen LogP contribution is -2.52. The third-order valence-electron chi connectivity index (χ3n) is 5.26. The van der Waals surface area contributed by atoms with E-state index >= 15 is 0 Å². The van der Waals surface area contributed by atoms with Gasteiger partial charge in [0.25, 0.3) is 11.8 Å². The van der Waals surface area contributed by atoms with Crippen molar-refractivity contribution in [3.63, 3.8) is 0 Å². The Morgan fingerprint density at radius 3 is 2.34 bits per heavy atom. The largest absolute Gasteiger partial charge is 0.342 e. The third kappa shape index (κ3) is 5.55. The van der Waals surface area contributed by atoms with Crippen LogP contribution in [0.3, 0.4) is 0 Å². The van der Waals surface area contributed by atoms with Gasteiger partial charge < -0.3 is 20.4 Å². The average molecular weight is 521 g/mol. The SMILES string of the molecule is Cc1cc(NC(=O)C(C)(C)NC(=O)c2ccc(Br)s2)ccc1C(=O)N1CCN(C=O)CC1. The van der Waals surface area contributed by atoms with Crippen molar-refractivity contribution < 1.29 is 19.2 Å². The van der Waals surface area contributed by atoms with Gasteiger partial charge >= 0.3 is 0 Å². The van der Waals surface area contributed by atoms with Crippen molar-refractivity contribution in [1.29, 1.82) is 0 Å². The number of nitrogens with one attached hydrogen (secondary N) is 2. The average Bonchev–Trinajstić information content (AvgIpc) is 3.19. The molecule has 4 amide bonds. The van der Waals surface area contributed by atoms with Crippen molar-refractivity contribution in [2.75, 3.05) is 31.5 Å². The standard InChI is InChI=1S/C22H25BrN4O4S/c1-14-12-15(4-5-16(14)20(30)27-10-8-26(13-28)9-11-27)24-21(31)22(2,3)25-19(29)17-6-7-18(23)32-17/h4-7,12-13H,8-11H2,1-3H3,(H,24,31)(H,25,29). The van der Waals surface area contributed by atoms with E-state index in [1.54, 1.807) is 54.0 Å². The Hall–Kier alpha value is -2.72. The molecule has 0 atom stereocenters. The Bertz CT molecular complexity index is 1040. The quantitative estimate of drug-likeness (QED) is 0.572. The van der Waals surface area contributed by atoms with Crippen molar-refractivity contribution in [1.82, 2.24) is 15.1 Å². The summed E-state index contributed by atoms with van der Waals surface area (Å²) in [7, 11) is 0. The molecule has 0 saturated carbocycles. The van der Waals surface area contributed by atoms with E-state index in [9.17, 15) is 19.2 Å². The number of benzene rings is 1. The van der Waals surface area contributed by atoms with E-state index in [0.717, 1.165) is 15.8 Å².